The maximum Gasteiger partial charge on any atom is 0.410 e. The number of nitrogens with one attached hydrogen (secondary N) is 1. The van der Waals surface area contributed by atoms with Crippen molar-refractivity contribution in [3.63, 3.8) is 0 Å². The Labute approximate surface area is 137 Å². The van der Waals surface area contributed by atoms with Gasteiger partial charge in [0.05, 0.1) is 0 Å². The molecule has 1 fully saturated rings. The number of aldehydes is 1. The van der Waals surface area contributed by atoms with E-state index in [-0.39, 0.29) is 12.5 Å². The lowest BCUT2D eigenvalue weighted by atomic mass is 9.86. The van der Waals surface area contributed by atoms with Crippen LogP contribution in [0.25, 0.3) is 0 Å². The Morgan fingerprint density at radius 3 is 2.26 bits per heavy atom. The number of carboxylic acids is 1. The Bertz CT molecular complexity index is 438. The number of rotatable bonds is 6. The fraction of sp³-hybridized carbons (Fsp3) is 0.812. The summed E-state index contributed by atoms with van der Waals surface area (Å²) >= 11 is 0. The lowest BCUT2D eigenvalue weighted by Gasteiger charge is -2.34. The van der Waals surface area contributed by atoms with Crippen LogP contribution in [-0.4, -0.2) is 59.6 Å². The summed E-state index contributed by atoms with van der Waals surface area (Å²) in [6.07, 6.45) is 2.62. The van der Waals surface area contributed by atoms with Crippen LogP contribution in [0.1, 0.15) is 46.5 Å². The fourth-order valence-electron chi connectivity index (χ4n) is 2.67. The Hall–Kier alpha value is -1.63. The quantitative estimate of drug-likeness (QED) is 0.568. The number of nitrogens with zero attached hydrogens (tertiary/aromatic N) is 1. The molecule has 1 rings (SSSR count). The average Bonchev–Trinajstić information content (AvgIpc) is 2.47. The number of piperidine rings is 1. The van der Waals surface area contributed by atoms with E-state index in [4.69, 9.17) is 4.74 Å². The minimum atomic E-state index is -1.51. The summed E-state index contributed by atoms with van der Waals surface area (Å²) in [5, 5.41) is 11.8. The van der Waals surface area contributed by atoms with E-state index in [1.807, 2.05) is 20.8 Å². The van der Waals surface area contributed by atoms with Crippen LogP contribution < -0.4 is 5.32 Å². The standard InChI is InChI=1S/C16H28N2O5/c1-15(2,3)23-14(22)18-9-6-12(7-10-18)5-8-16(11-19,17-4)13(20)21/h11-12,17H,5-10H2,1-4H3,(H,20,21). The van der Waals surface area contributed by atoms with E-state index in [1.165, 1.54) is 7.05 Å². The summed E-state index contributed by atoms with van der Waals surface area (Å²) in [5.74, 6) is -0.845. The summed E-state index contributed by atoms with van der Waals surface area (Å²) in [6.45, 7) is 6.70. The largest absolute Gasteiger partial charge is 0.480 e. The molecule has 7 nitrogen and oxygen atoms in total. The highest BCUT2D eigenvalue weighted by Crippen LogP contribution is 2.26. The van der Waals surface area contributed by atoms with Gasteiger partial charge >= 0.3 is 12.1 Å². The molecule has 0 aromatic carbocycles. The second-order valence-corrected chi connectivity index (χ2v) is 7.09. The molecular formula is C16H28N2O5. The van der Waals surface area contributed by atoms with Crippen LogP contribution in [0, 0.1) is 5.92 Å². The lowest BCUT2D eigenvalue weighted by molar-refractivity contribution is -0.147. The molecule has 0 aliphatic carbocycles. The van der Waals surface area contributed by atoms with Gasteiger partial charge in [-0.15, -0.1) is 0 Å². The molecule has 7 heteroatoms. The molecule has 2 N–H and O–H groups in total. The Morgan fingerprint density at radius 2 is 1.87 bits per heavy atom. The van der Waals surface area contributed by atoms with Gasteiger partial charge in [-0.1, -0.05) is 0 Å². The molecule has 0 spiro atoms. The number of hydrogen-bond acceptors (Lipinski definition) is 5. The van der Waals surface area contributed by atoms with E-state index in [2.05, 4.69) is 5.32 Å². The number of carboxylic acid groups (broad SMARTS) is 1. The molecular weight excluding hydrogens is 300 g/mol. The van der Waals surface area contributed by atoms with Gasteiger partial charge < -0.3 is 19.5 Å². The van der Waals surface area contributed by atoms with E-state index in [0.717, 1.165) is 12.8 Å². The smallest absolute Gasteiger partial charge is 0.410 e. The fourth-order valence-corrected chi connectivity index (χ4v) is 2.67. The number of amides is 1. The normalized spacial score (nSPS) is 19.0. The van der Waals surface area contributed by atoms with Gasteiger partial charge in [0.15, 0.2) is 11.8 Å². The predicted molar refractivity (Wildman–Crippen MR) is 85.3 cm³/mol. The Balaban J connectivity index is 2.46. The first-order valence-corrected chi connectivity index (χ1v) is 8.00. The molecule has 1 unspecified atom stereocenters. The van der Waals surface area contributed by atoms with Gasteiger partial charge in [-0.25, -0.2) is 9.59 Å². The van der Waals surface area contributed by atoms with Gasteiger partial charge in [-0.3, -0.25) is 5.32 Å². The number of aliphatic carboxylic acids is 1. The lowest BCUT2D eigenvalue weighted by Crippen LogP contribution is -2.52. The second kappa shape index (κ2) is 7.77. The van der Waals surface area contributed by atoms with E-state index in [0.29, 0.717) is 31.7 Å². The molecule has 1 aliphatic heterocycles. The van der Waals surface area contributed by atoms with Crippen molar-refractivity contribution in [2.24, 2.45) is 5.92 Å². The highest BCUT2D eigenvalue weighted by atomic mass is 16.6. The predicted octanol–water partition coefficient (Wildman–Crippen LogP) is 1.66. The second-order valence-electron chi connectivity index (χ2n) is 7.09. The highest BCUT2D eigenvalue weighted by molar-refractivity contribution is 5.97. The zero-order valence-corrected chi connectivity index (χ0v) is 14.4. The third kappa shape index (κ3) is 5.49. The number of likely N-dealkylation sites (N-methyl/N-ethyl adjacent to an activating group) is 1. The SMILES string of the molecule is CNC(C=O)(CCC1CCN(C(=O)OC(C)(C)C)CC1)C(=O)O. The molecule has 1 aliphatic rings. The van der Waals surface area contributed by atoms with Crippen molar-refractivity contribution in [1.82, 2.24) is 10.2 Å². The molecule has 132 valence electrons. The van der Waals surface area contributed by atoms with Gasteiger partial charge in [0.2, 0.25) is 0 Å². The van der Waals surface area contributed by atoms with Crippen LogP contribution in [0.3, 0.4) is 0 Å². The first-order valence-electron chi connectivity index (χ1n) is 8.00. The molecule has 0 saturated carbocycles. The van der Waals surface area contributed by atoms with Gasteiger partial charge in [-0.05, 0) is 59.4 Å². The van der Waals surface area contributed by atoms with Crippen molar-refractivity contribution >= 4 is 18.3 Å². The number of carbonyl (C=O) groups excluding carboxylic acids is 2. The molecule has 0 aromatic rings. The molecule has 23 heavy (non-hydrogen) atoms. The summed E-state index contributed by atoms with van der Waals surface area (Å²) in [6, 6.07) is 0. The number of carbonyl (C=O) groups is 3. The first-order chi connectivity index (χ1) is 10.6. The van der Waals surface area contributed by atoms with Gasteiger partial charge in [0.1, 0.15) is 5.60 Å². The van der Waals surface area contributed by atoms with Gasteiger partial charge in [-0.2, -0.15) is 0 Å². The zero-order valence-electron chi connectivity index (χ0n) is 14.4. The molecule has 0 aromatic heterocycles. The molecule has 0 bridgehead atoms. The van der Waals surface area contributed by atoms with Crippen LogP contribution in [0.15, 0.2) is 0 Å². The summed E-state index contributed by atoms with van der Waals surface area (Å²) in [7, 11) is 1.48. The topological polar surface area (TPSA) is 95.9 Å². The minimum Gasteiger partial charge on any atom is -0.480 e. The van der Waals surface area contributed by atoms with Crippen LogP contribution in [-0.2, 0) is 14.3 Å². The maximum absolute atomic E-state index is 12.0. The Kier molecular flexibility index (Phi) is 6.56. The van der Waals surface area contributed by atoms with E-state index in [1.54, 1.807) is 4.90 Å². The summed E-state index contributed by atoms with van der Waals surface area (Å²) in [5.41, 5.74) is -2.02. The van der Waals surface area contributed by atoms with E-state index < -0.39 is 17.1 Å². The molecule has 0 radical (unpaired) electrons. The van der Waals surface area contributed by atoms with E-state index in [9.17, 15) is 19.5 Å². The van der Waals surface area contributed by atoms with Crippen molar-refractivity contribution in [1.29, 1.82) is 0 Å². The third-order valence-electron chi connectivity index (χ3n) is 4.24. The monoisotopic (exact) mass is 328 g/mol. The summed E-state index contributed by atoms with van der Waals surface area (Å²) < 4.78 is 5.35. The highest BCUT2D eigenvalue weighted by Gasteiger charge is 2.37. The van der Waals surface area contributed by atoms with Crippen molar-refractivity contribution in [3.05, 3.63) is 0 Å². The number of hydrogen-bond donors (Lipinski definition) is 2. The minimum absolute atomic E-state index is 0.249. The van der Waals surface area contributed by atoms with Gasteiger partial charge in [0.25, 0.3) is 0 Å². The van der Waals surface area contributed by atoms with Crippen LogP contribution in [0.5, 0.6) is 0 Å². The van der Waals surface area contributed by atoms with Crippen molar-refractivity contribution in [3.8, 4) is 0 Å². The number of ether oxygens (including phenoxy) is 1. The number of likely N-dealkylation sites (tertiary alicyclic amines) is 1. The zero-order chi connectivity index (χ0) is 17.7. The summed E-state index contributed by atoms with van der Waals surface area (Å²) in [4.78, 5) is 36.1. The maximum atomic E-state index is 12.0. The molecule has 1 saturated heterocycles. The van der Waals surface area contributed by atoms with Crippen molar-refractivity contribution in [2.75, 3.05) is 20.1 Å². The third-order valence-corrected chi connectivity index (χ3v) is 4.24. The van der Waals surface area contributed by atoms with Crippen LogP contribution in [0.4, 0.5) is 4.79 Å². The molecule has 1 amide bonds. The van der Waals surface area contributed by atoms with E-state index >= 15 is 0 Å². The first kappa shape index (κ1) is 19.4. The van der Waals surface area contributed by atoms with Crippen LogP contribution in [0.2, 0.25) is 0 Å². The average molecular weight is 328 g/mol. The molecule has 1 heterocycles. The van der Waals surface area contributed by atoms with Crippen LogP contribution >= 0.6 is 0 Å². The Morgan fingerprint density at radius 1 is 1.30 bits per heavy atom. The van der Waals surface area contributed by atoms with Crippen molar-refractivity contribution < 1.29 is 24.2 Å². The molecule has 1 atom stereocenters. The van der Waals surface area contributed by atoms with Gasteiger partial charge in [0, 0.05) is 13.1 Å². The van der Waals surface area contributed by atoms with Crippen molar-refractivity contribution in [2.45, 2.75) is 57.6 Å².